The number of aryl methyl sites for hydroxylation is 1. The first-order chi connectivity index (χ1) is 14.0. The normalized spacial score (nSPS) is 15.9. The smallest absolute Gasteiger partial charge is 0.227 e. The molecule has 2 N–H and O–H groups in total. The van der Waals surface area contributed by atoms with Gasteiger partial charge in [0.1, 0.15) is 5.75 Å². The molecule has 2 aromatic rings. The molecule has 152 valence electrons. The molecule has 1 aromatic carbocycles. The molecule has 2 heterocycles. The number of ether oxygens (including phenoxy) is 1. The van der Waals surface area contributed by atoms with Gasteiger partial charge in [0.15, 0.2) is 0 Å². The number of carbonyl (C=O) groups excluding carboxylic acids is 3. The van der Waals surface area contributed by atoms with E-state index in [2.05, 4.69) is 15.6 Å². The molecular formula is C21H24N4O4. The lowest BCUT2D eigenvalue weighted by Gasteiger charge is -2.20. The fourth-order valence-corrected chi connectivity index (χ4v) is 3.23. The largest absolute Gasteiger partial charge is 0.495 e. The van der Waals surface area contributed by atoms with Crippen molar-refractivity contribution in [2.75, 3.05) is 30.4 Å². The van der Waals surface area contributed by atoms with Gasteiger partial charge < -0.3 is 20.3 Å². The van der Waals surface area contributed by atoms with Crippen LogP contribution in [-0.2, 0) is 14.4 Å². The van der Waals surface area contributed by atoms with E-state index in [-0.39, 0.29) is 43.7 Å². The van der Waals surface area contributed by atoms with Crippen LogP contribution in [0.4, 0.5) is 11.4 Å². The maximum Gasteiger partial charge on any atom is 0.227 e. The fraction of sp³-hybridized carbons (Fsp3) is 0.333. The molecule has 3 amide bonds. The quantitative estimate of drug-likeness (QED) is 0.744. The number of nitrogens with zero attached hydrogens (tertiary/aromatic N) is 2. The van der Waals surface area contributed by atoms with Gasteiger partial charge in [-0.25, -0.2) is 0 Å². The van der Waals surface area contributed by atoms with Gasteiger partial charge in [0.05, 0.1) is 30.6 Å². The van der Waals surface area contributed by atoms with Crippen LogP contribution in [0.25, 0.3) is 0 Å². The number of pyridine rings is 1. The number of rotatable bonds is 7. The van der Waals surface area contributed by atoms with Gasteiger partial charge in [-0.2, -0.15) is 0 Å². The van der Waals surface area contributed by atoms with E-state index in [1.807, 2.05) is 25.1 Å². The Bertz CT molecular complexity index is 901. The Morgan fingerprint density at radius 2 is 2.14 bits per heavy atom. The Kier molecular flexibility index (Phi) is 6.43. The van der Waals surface area contributed by atoms with E-state index in [9.17, 15) is 14.4 Å². The average Bonchev–Trinajstić information content (AvgIpc) is 3.10. The summed E-state index contributed by atoms with van der Waals surface area (Å²) in [4.78, 5) is 42.4. The van der Waals surface area contributed by atoms with Crippen LogP contribution < -0.4 is 20.3 Å². The molecule has 0 bridgehead atoms. The number of benzene rings is 1. The summed E-state index contributed by atoms with van der Waals surface area (Å²) < 4.78 is 5.35. The van der Waals surface area contributed by atoms with Crippen molar-refractivity contribution in [3.63, 3.8) is 0 Å². The second-order valence-corrected chi connectivity index (χ2v) is 6.91. The van der Waals surface area contributed by atoms with E-state index in [0.717, 1.165) is 5.56 Å². The highest BCUT2D eigenvalue weighted by Gasteiger charge is 2.36. The zero-order valence-electron chi connectivity index (χ0n) is 16.5. The number of anilines is 2. The highest BCUT2D eigenvalue weighted by molar-refractivity contribution is 6.01. The second-order valence-electron chi connectivity index (χ2n) is 6.91. The molecular weight excluding hydrogens is 372 g/mol. The minimum absolute atomic E-state index is 0.122. The molecule has 1 aliphatic rings. The Labute approximate surface area is 169 Å². The van der Waals surface area contributed by atoms with Crippen molar-refractivity contribution in [3.05, 3.63) is 48.3 Å². The molecule has 8 nitrogen and oxygen atoms in total. The lowest BCUT2D eigenvalue weighted by atomic mass is 10.1. The third-order valence-corrected chi connectivity index (χ3v) is 4.72. The van der Waals surface area contributed by atoms with Crippen molar-refractivity contribution in [3.8, 4) is 5.75 Å². The molecule has 3 rings (SSSR count). The lowest BCUT2D eigenvalue weighted by Crippen LogP contribution is -2.34. The summed E-state index contributed by atoms with van der Waals surface area (Å²) in [7, 11) is 1.55. The molecule has 1 unspecified atom stereocenters. The number of hydrogen-bond acceptors (Lipinski definition) is 5. The highest BCUT2D eigenvalue weighted by Crippen LogP contribution is 2.33. The topological polar surface area (TPSA) is 101 Å². The van der Waals surface area contributed by atoms with Crippen molar-refractivity contribution >= 4 is 29.1 Å². The molecule has 1 saturated heterocycles. The van der Waals surface area contributed by atoms with E-state index >= 15 is 0 Å². The molecule has 29 heavy (non-hydrogen) atoms. The number of aromatic nitrogens is 1. The number of methoxy groups -OCH3 is 1. The third kappa shape index (κ3) is 5.10. The van der Waals surface area contributed by atoms with Crippen molar-refractivity contribution in [2.45, 2.75) is 19.8 Å². The Morgan fingerprint density at radius 1 is 1.31 bits per heavy atom. The first-order valence-corrected chi connectivity index (χ1v) is 9.40. The number of amides is 3. The molecule has 0 radical (unpaired) electrons. The minimum Gasteiger partial charge on any atom is -0.495 e. The molecule has 1 atom stereocenters. The summed E-state index contributed by atoms with van der Waals surface area (Å²) in [6, 6.07) is 9.06. The molecule has 0 saturated carbocycles. The van der Waals surface area contributed by atoms with Crippen LogP contribution in [0, 0.1) is 12.8 Å². The Hall–Kier alpha value is -3.42. The standard InChI is InChI=1S/C21H24N4O4/c1-14-5-6-18(29-2)17(10-14)25-13-15(11-20(25)27)21(28)23-9-7-19(26)24-16-4-3-8-22-12-16/h3-6,8,10,12,15H,7,9,11,13H2,1-2H3,(H,23,28)(H,24,26). The predicted molar refractivity (Wildman–Crippen MR) is 109 cm³/mol. The van der Waals surface area contributed by atoms with Gasteiger partial charge in [-0.1, -0.05) is 6.07 Å². The maximum absolute atomic E-state index is 12.5. The molecule has 1 aliphatic heterocycles. The highest BCUT2D eigenvalue weighted by atomic mass is 16.5. The van der Waals surface area contributed by atoms with Crippen LogP contribution >= 0.6 is 0 Å². The fourth-order valence-electron chi connectivity index (χ4n) is 3.23. The molecule has 1 fully saturated rings. The summed E-state index contributed by atoms with van der Waals surface area (Å²) >= 11 is 0. The summed E-state index contributed by atoms with van der Waals surface area (Å²) in [6.07, 6.45) is 3.44. The predicted octanol–water partition coefficient (Wildman–Crippen LogP) is 1.90. The van der Waals surface area contributed by atoms with Gasteiger partial charge >= 0.3 is 0 Å². The van der Waals surface area contributed by atoms with E-state index in [0.29, 0.717) is 17.1 Å². The van der Waals surface area contributed by atoms with Crippen molar-refractivity contribution < 1.29 is 19.1 Å². The number of carbonyl (C=O) groups is 3. The SMILES string of the molecule is COc1ccc(C)cc1N1CC(C(=O)NCCC(=O)Nc2cccnc2)CC1=O. The van der Waals surface area contributed by atoms with Crippen LogP contribution in [0.5, 0.6) is 5.75 Å². The summed E-state index contributed by atoms with van der Waals surface area (Å²) in [6.45, 7) is 2.42. The van der Waals surface area contributed by atoms with Gasteiger partial charge in [-0.3, -0.25) is 19.4 Å². The zero-order valence-corrected chi connectivity index (χ0v) is 16.5. The Balaban J connectivity index is 1.52. The monoisotopic (exact) mass is 396 g/mol. The van der Waals surface area contributed by atoms with Gasteiger partial charge in [-0.05, 0) is 36.8 Å². The van der Waals surface area contributed by atoms with Gasteiger partial charge in [0.25, 0.3) is 0 Å². The van der Waals surface area contributed by atoms with E-state index in [1.54, 1.807) is 36.5 Å². The summed E-state index contributed by atoms with van der Waals surface area (Å²) in [5, 5.41) is 5.46. The first kappa shape index (κ1) is 20.3. The van der Waals surface area contributed by atoms with Gasteiger partial charge in [0.2, 0.25) is 17.7 Å². The van der Waals surface area contributed by atoms with Crippen LogP contribution in [0.3, 0.4) is 0 Å². The van der Waals surface area contributed by atoms with Crippen LogP contribution in [0.2, 0.25) is 0 Å². The first-order valence-electron chi connectivity index (χ1n) is 9.40. The second kappa shape index (κ2) is 9.18. The van der Waals surface area contributed by atoms with Crippen LogP contribution in [0.1, 0.15) is 18.4 Å². The van der Waals surface area contributed by atoms with Crippen LogP contribution in [0.15, 0.2) is 42.7 Å². The number of hydrogen-bond donors (Lipinski definition) is 2. The molecule has 8 heteroatoms. The minimum atomic E-state index is -0.464. The van der Waals surface area contributed by atoms with E-state index in [1.165, 1.54) is 0 Å². The van der Waals surface area contributed by atoms with Crippen molar-refractivity contribution in [2.24, 2.45) is 5.92 Å². The molecule has 0 aliphatic carbocycles. The Morgan fingerprint density at radius 3 is 2.86 bits per heavy atom. The molecule has 0 spiro atoms. The maximum atomic E-state index is 12.5. The molecule has 1 aromatic heterocycles. The van der Waals surface area contributed by atoms with Crippen molar-refractivity contribution in [1.29, 1.82) is 0 Å². The van der Waals surface area contributed by atoms with Crippen molar-refractivity contribution in [1.82, 2.24) is 10.3 Å². The summed E-state index contributed by atoms with van der Waals surface area (Å²) in [5.41, 5.74) is 2.28. The van der Waals surface area contributed by atoms with E-state index < -0.39 is 5.92 Å². The average molecular weight is 396 g/mol. The van der Waals surface area contributed by atoms with Gasteiger partial charge in [0, 0.05) is 32.1 Å². The summed E-state index contributed by atoms with van der Waals surface area (Å²) in [5.74, 6) is -0.442. The third-order valence-electron chi connectivity index (χ3n) is 4.72. The van der Waals surface area contributed by atoms with Gasteiger partial charge in [-0.15, -0.1) is 0 Å². The van der Waals surface area contributed by atoms with E-state index in [4.69, 9.17) is 4.74 Å². The zero-order chi connectivity index (χ0) is 20.8. The van der Waals surface area contributed by atoms with Crippen LogP contribution in [-0.4, -0.2) is 42.9 Å². The number of nitrogens with one attached hydrogen (secondary N) is 2. The lowest BCUT2D eigenvalue weighted by molar-refractivity contribution is -0.126.